The summed E-state index contributed by atoms with van der Waals surface area (Å²) in [7, 11) is 0. The molecule has 1 aromatic carbocycles. The molecular weight excluding hydrogens is 269 g/mol. The Morgan fingerprint density at radius 3 is 3.05 bits per heavy atom. The fourth-order valence-corrected chi connectivity index (χ4v) is 2.99. The summed E-state index contributed by atoms with van der Waals surface area (Å²) in [5.41, 5.74) is 0.957. The highest BCUT2D eigenvalue weighted by Gasteiger charge is 2.28. The smallest absolute Gasteiger partial charge is 0.123 e. The van der Waals surface area contributed by atoms with Crippen LogP contribution in [0.2, 0.25) is 0 Å². The van der Waals surface area contributed by atoms with Gasteiger partial charge >= 0.3 is 0 Å². The van der Waals surface area contributed by atoms with Crippen molar-refractivity contribution in [1.29, 1.82) is 0 Å². The van der Waals surface area contributed by atoms with Gasteiger partial charge in [0.2, 0.25) is 0 Å². The third-order valence-corrected chi connectivity index (χ3v) is 4.12. The zero-order chi connectivity index (χ0) is 14.7. The number of nitrogens with one attached hydrogen (secondary N) is 1. The third kappa shape index (κ3) is 3.68. The summed E-state index contributed by atoms with van der Waals surface area (Å²) < 4.78 is 13.2. The largest absolute Gasteiger partial charge is 0.391 e. The molecule has 0 saturated carbocycles. The maximum Gasteiger partial charge on any atom is 0.123 e. The molecule has 0 aliphatic carbocycles. The van der Waals surface area contributed by atoms with Crippen LogP contribution in [0.4, 0.5) is 4.39 Å². The number of aliphatic hydroxyl groups is 1. The average Bonchev–Trinajstić information content (AvgIpc) is 2.95. The Morgan fingerprint density at radius 1 is 1.43 bits per heavy atom. The molecule has 1 fully saturated rings. The number of benzene rings is 1. The van der Waals surface area contributed by atoms with E-state index < -0.39 is 0 Å². The highest BCUT2D eigenvalue weighted by molar-refractivity contribution is 5.17. The number of hydrogen-bond acceptors (Lipinski definition) is 3. The van der Waals surface area contributed by atoms with Crippen LogP contribution in [0, 0.1) is 11.7 Å². The Balaban J connectivity index is 1.56. The number of nitrogens with zero attached hydrogens (tertiary/aromatic N) is 2. The van der Waals surface area contributed by atoms with Gasteiger partial charge in [-0.25, -0.2) is 9.37 Å². The molecule has 112 valence electrons. The molecule has 0 radical (unpaired) electrons. The lowest BCUT2D eigenvalue weighted by molar-refractivity contribution is 0.0179. The van der Waals surface area contributed by atoms with E-state index in [9.17, 15) is 9.50 Å². The van der Waals surface area contributed by atoms with Crippen LogP contribution in [0.3, 0.4) is 0 Å². The number of halogens is 1. The number of aromatic nitrogens is 2. The minimum Gasteiger partial charge on any atom is -0.391 e. The van der Waals surface area contributed by atoms with Crippen LogP contribution in [0.5, 0.6) is 0 Å². The van der Waals surface area contributed by atoms with Gasteiger partial charge in [0.25, 0.3) is 0 Å². The monoisotopic (exact) mass is 289 g/mol. The molecule has 1 saturated heterocycles. The number of aromatic amines is 1. The van der Waals surface area contributed by atoms with E-state index in [0.29, 0.717) is 6.54 Å². The van der Waals surface area contributed by atoms with E-state index in [4.69, 9.17) is 0 Å². The zero-order valence-electron chi connectivity index (χ0n) is 11.9. The first kappa shape index (κ1) is 14.2. The molecule has 4 nitrogen and oxygen atoms in total. The highest BCUT2D eigenvalue weighted by atomic mass is 19.1. The molecule has 0 bridgehead atoms. The van der Waals surface area contributed by atoms with E-state index in [0.717, 1.165) is 37.3 Å². The van der Waals surface area contributed by atoms with Gasteiger partial charge in [-0.15, -0.1) is 0 Å². The minimum atomic E-state index is -0.378. The summed E-state index contributed by atoms with van der Waals surface area (Å²) in [5.74, 6) is 0.905. The van der Waals surface area contributed by atoms with Crippen LogP contribution in [0.1, 0.15) is 17.8 Å². The number of aliphatic hydroxyl groups excluding tert-OH is 1. The number of hydrogen-bond donors (Lipinski definition) is 2. The molecule has 1 aliphatic heterocycles. The van der Waals surface area contributed by atoms with Crippen molar-refractivity contribution in [2.24, 2.45) is 5.92 Å². The quantitative estimate of drug-likeness (QED) is 0.905. The molecule has 0 spiro atoms. The van der Waals surface area contributed by atoms with Gasteiger partial charge in [0.1, 0.15) is 11.6 Å². The maximum atomic E-state index is 13.2. The van der Waals surface area contributed by atoms with Crippen LogP contribution in [-0.4, -0.2) is 39.2 Å². The minimum absolute atomic E-state index is 0.194. The second-order valence-electron chi connectivity index (χ2n) is 5.72. The van der Waals surface area contributed by atoms with Crippen LogP contribution >= 0.6 is 0 Å². The summed E-state index contributed by atoms with van der Waals surface area (Å²) in [4.78, 5) is 9.49. The van der Waals surface area contributed by atoms with Crippen LogP contribution in [0.25, 0.3) is 0 Å². The normalized spacial score (nSPS) is 23.3. The molecule has 0 unspecified atom stereocenters. The van der Waals surface area contributed by atoms with Gasteiger partial charge in [0, 0.05) is 18.9 Å². The molecule has 2 atom stereocenters. The van der Waals surface area contributed by atoms with Gasteiger partial charge in [-0.05, 0) is 43.0 Å². The van der Waals surface area contributed by atoms with E-state index in [-0.39, 0.29) is 17.8 Å². The predicted octanol–water partition coefficient (Wildman–Crippen LogP) is 1.97. The first-order chi connectivity index (χ1) is 10.2. The number of rotatable bonds is 4. The van der Waals surface area contributed by atoms with E-state index in [1.54, 1.807) is 18.3 Å². The van der Waals surface area contributed by atoms with Gasteiger partial charge in [0.15, 0.2) is 0 Å². The lowest BCUT2D eigenvalue weighted by Gasteiger charge is -2.35. The molecule has 1 aromatic heterocycles. The number of likely N-dealkylation sites (tertiary alicyclic amines) is 1. The first-order valence-electron chi connectivity index (χ1n) is 7.34. The molecule has 2 aromatic rings. The second-order valence-corrected chi connectivity index (χ2v) is 5.72. The summed E-state index contributed by atoms with van der Waals surface area (Å²) in [6, 6.07) is 6.65. The number of piperidine rings is 1. The first-order valence-corrected chi connectivity index (χ1v) is 7.34. The Labute approximate surface area is 123 Å². The third-order valence-electron chi connectivity index (χ3n) is 4.12. The van der Waals surface area contributed by atoms with E-state index in [2.05, 4.69) is 14.9 Å². The number of β-amino-alcohol motifs (C(OH)–C–C–N with tert-alkyl or cyclic N) is 1. The highest BCUT2D eigenvalue weighted by Crippen LogP contribution is 2.23. The molecular formula is C16H20FN3O. The lowest BCUT2D eigenvalue weighted by atomic mass is 9.88. The predicted molar refractivity (Wildman–Crippen MR) is 78.1 cm³/mol. The van der Waals surface area contributed by atoms with E-state index in [1.807, 2.05) is 12.3 Å². The molecule has 2 heterocycles. The van der Waals surface area contributed by atoms with Crippen molar-refractivity contribution in [3.8, 4) is 0 Å². The van der Waals surface area contributed by atoms with Gasteiger partial charge in [0.05, 0.1) is 12.6 Å². The average molecular weight is 289 g/mol. The maximum absolute atomic E-state index is 13.2. The SMILES string of the molecule is O[C@H]1CN(Cc2ncc[nH]2)CC[C@@H]1Cc1cccc(F)c1. The second kappa shape index (κ2) is 6.37. The Hall–Kier alpha value is -1.72. The number of H-pyrrole nitrogens is 1. The molecule has 3 rings (SSSR count). The molecule has 2 N–H and O–H groups in total. The molecule has 0 amide bonds. The Kier molecular flexibility index (Phi) is 4.31. The molecule has 21 heavy (non-hydrogen) atoms. The fourth-order valence-electron chi connectivity index (χ4n) is 2.99. The van der Waals surface area contributed by atoms with E-state index >= 15 is 0 Å². The topological polar surface area (TPSA) is 52.1 Å². The van der Waals surface area contributed by atoms with Crippen molar-refractivity contribution in [1.82, 2.24) is 14.9 Å². The van der Waals surface area contributed by atoms with Crippen molar-refractivity contribution < 1.29 is 9.50 Å². The fraction of sp³-hybridized carbons (Fsp3) is 0.438. The number of imidazole rings is 1. The van der Waals surface area contributed by atoms with Crippen molar-refractivity contribution >= 4 is 0 Å². The standard InChI is InChI=1S/C16H20FN3O/c17-14-3-1-2-12(9-14)8-13-4-7-20(10-15(13)21)11-16-18-5-6-19-16/h1-3,5-6,9,13,15,21H,4,7-8,10-11H2,(H,18,19)/t13-,15+/m1/s1. The van der Waals surface area contributed by atoms with E-state index in [1.165, 1.54) is 6.07 Å². The van der Waals surface area contributed by atoms with Gasteiger partial charge < -0.3 is 10.1 Å². The molecule has 5 heteroatoms. The van der Waals surface area contributed by atoms with Crippen molar-refractivity contribution in [2.45, 2.75) is 25.5 Å². The lowest BCUT2D eigenvalue weighted by Crippen LogP contribution is -2.44. The van der Waals surface area contributed by atoms with Crippen molar-refractivity contribution in [2.75, 3.05) is 13.1 Å². The summed E-state index contributed by atoms with van der Waals surface area (Å²) >= 11 is 0. The molecule has 1 aliphatic rings. The van der Waals surface area contributed by atoms with Gasteiger partial charge in [-0.2, -0.15) is 0 Å². The van der Waals surface area contributed by atoms with Crippen LogP contribution < -0.4 is 0 Å². The Morgan fingerprint density at radius 2 is 2.33 bits per heavy atom. The van der Waals surface area contributed by atoms with Crippen molar-refractivity contribution in [3.63, 3.8) is 0 Å². The zero-order valence-corrected chi connectivity index (χ0v) is 11.9. The summed E-state index contributed by atoms with van der Waals surface area (Å²) in [5, 5.41) is 10.3. The van der Waals surface area contributed by atoms with Crippen LogP contribution in [-0.2, 0) is 13.0 Å². The van der Waals surface area contributed by atoms with Gasteiger partial charge in [-0.3, -0.25) is 4.90 Å². The van der Waals surface area contributed by atoms with Crippen LogP contribution in [0.15, 0.2) is 36.7 Å². The summed E-state index contributed by atoms with van der Waals surface area (Å²) in [6.45, 7) is 2.30. The summed E-state index contributed by atoms with van der Waals surface area (Å²) in [6.07, 6.45) is 4.81. The van der Waals surface area contributed by atoms with Crippen molar-refractivity contribution in [3.05, 3.63) is 53.9 Å². The Bertz CT molecular complexity index is 573. The van der Waals surface area contributed by atoms with Gasteiger partial charge in [-0.1, -0.05) is 12.1 Å².